The van der Waals surface area contributed by atoms with Gasteiger partial charge in [-0.25, -0.2) is 19.4 Å². The number of aromatic nitrogens is 7. The van der Waals surface area contributed by atoms with Crippen LogP contribution in [0.15, 0.2) is 27.4 Å². The Balaban J connectivity index is 1.40. The molecule has 0 bridgehead atoms. The minimum Gasteiger partial charge on any atom is -0.354 e. The number of hydrogen-bond donors (Lipinski definition) is 1. The van der Waals surface area contributed by atoms with Crippen molar-refractivity contribution in [2.24, 2.45) is 14.1 Å². The summed E-state index contributed by atoms with van der Waals surface area (Å²) in [6.07, 6.45) is 1.97. The summed E-state index contributed by atoms with van der Waals surface area (Å²) in [4.78, 5) is 45.6. The average Bonchev–Trinajstić information content (AvgIpc) is 3.43. The number of carbonyl (C=O) groups excluding carboxylic acids is 1. The molecule has 0 spiro atoms. The second-order valence-electron chi connectivity index (χ2n) is 7.31. The van der Waals surface area contributed by atoms with Crippen molar-refractivity contribution in [3.63, 3.8) is 0 Å². The number of aryl methyl sites for hydroxylation is 3. The highest BCUT2D eigenvalue weighted by atomic mass is 32.1. The summed E-state index contributed by atoms with van der Waals surface area (Å²) in [5.74, 6) is -0.260. The lowest BCUT2D eigenvalue weighted by Gasteiger charge is -2.07. The van der Waals surface area contributed by atoms with Crippen molar-refractivity contribution in [3.05, 3.63) is 55.7 Å². The highest BCUT2D eigenvalue weighted by molar-refractivity contribution is 7.12. The molecule has 0 unspecified atom stereocenters. The molecule has 11 nitrogen and oxygen atoms in total. The molecule has 31 heavy (non-hydrogen) atoms. The van der Waals surface area contributed by atoms with Crippen LogP contribution < -0.4 is 16.6 Å². The third kappa shape index (κ3) is 3.81. The standard InChI is InChI=1S/C19H22N8O3S/c1-11-7-12(2)27(23-11)18-22-13(9-31-18)5-6-20-14(28)8-26-10-21-16-15(26)17(29)25(4)19(30)24(16)3/h7,9-10H,5-6,8H2,1-4H3,(H,20,28). The number of fused-ring (bicyclic) bond motifs is 1. The van der Waals surface area contributed by atoms with E-state index >= 15 is 0 Å². The zero-order valence-electron chi connectivity index (χ0n) is 17.6. The van der Waals surface area contributed by atoms with E-state index in [1.807, 2.05) is 25.3 Å². The first kappa shape index (κ1) is 20.7. The number of carbonyl (C=O) groups is 1. The third-order valence-electron chi connectivity index (χ3n) is 4.96. The summed E-state index contributed by atoms with van der Waals surface area (Å²) in [5.41, 5.74) is 2.34. The largest absolute Gasteiger partial charge is 0.354 e. The van der Waals surface area contributed by atoms with Gasteiger partial charge < -0.3 is 9.88 Å². The van der Waals surface area contributed by atoms with E-state index in [0.717, 1.165) is 26.8 Å². The van der Waals surface area contributed by atoms with Crippen LogP contribution in [0.3, 0.4) is 0 Å². The van der Waals surface area contributed by atoms with E-state index in [2.05, 4.69) is 20.4 Å². The molecule has 12 heteroatoms. The zero-order chi connectivity index (χ0) is 22.3. The molecular weight excluding hydrogens is 420 g/mol. The van der Waals surface area contributed by atoms with E-state index in [-0.39, 0.29) is 23.6 Å². The normalized spacial score (nSPS) is 11.4. The number of nitrogens with zero attached hydrogens (tertiary/aromatic N) is 7. The number of thiazole rings is 1. The lowest BCUT2D eigenvalue weighted by atomic mass is 10.3. The zero-order valence-corrected chi connectivity index (χ0v) is 18.4. The van der Waals surface area contributed by atoms with Crippen LogP contribution in [0.2, 0.25) is 0 Å². The van der Waals surface area contributed by atoms with Gasteiger partial charge in [0.25, 0.3) is 5.56 Å². The fourth-order valence-corrected chi connectivity index (χ4v) is 4.26. The molecule has 0 radical (unpaired) electrons. The summed E-state index contributed by atoms with van der Waals surface area (Å²) >= 11 is 1.50. The molecule has 162 valence electrons. The summed E-state index contributed by atoms with van der Waals surface area (Å²) in [5, 5.41) is 10.0. The van der Waals surface area contributed by atoms with Crippen molar-refractivity contribution in [3.8, 4) is 5.13 Å². The fourth-order valence-electron chi connectivity index (χ4n) is 3.39. The van der Waals surface area contributed by atoms with Gasteiger partial charge in [0, 0.05) is 38.1 Å². The SMILES string of the molecule is Cc1cc(C)n(-c2nc(CCNC(=O)Cn3cnc4c3c(=O)n(C)c(=O)n4C)cs2)n1. The first-order chi connectivity index (χ1) is 14.8. The van der Waals surface area contributed by atoms with Crippen molar-refractivity contribution in [2.45, 2.75) is 26.8 Å². The van der Waals surface area contributed by atoms with Crippen LogP contribution in [0.1, 0.15) is 17.1 Å². The van der Waals surface area contributed by atoms with Crippen molar-refractivity contribution in [1.82, 2.24) is 38.8 Å². The Bertz CT molecular complexity index is 1400. The number of hydrogen-bond acceptors (Lipinski definition) is 7. The molecule has 0 aromatic carbocycles. The predicted octanol–water partition coefficient (Wildman–Crippen LogP) is 0.0516. The molecule has 1 N–H and O–H groups in total. The van der Waals surface area contributed by atoms with Gasteiger partial charge in [0.1, 0.15) is 6.54 Å². The molecule has 0 saturated heterocycles. The molecule has 0 aliphatic rings. The van der Waals surface area contributed by atoms with Crippen LogP contribution in [0, 0.1) is 13.8 Å². The Morgan fingerprint density at radius 2 is 1.97 bits per heavy atom. The van der Waals surface area contributed by atoms with Gasteiger partial charge in [0.2, 0.25) is 11.0 Å². The van der Waals surface area contributed by atoms with Crippen LogP contribution in [0.5, 0.6) is 0 Å². The third-order valence-corrected chi connectivity index (χ3v) is 5.83. The summed E-state index contributed by atoms with van der Waals surface area (Å²) in [6, 6.07) is 1.99. The maximum atomic E-state index is 12.5. The number of imidazole rings is 1. The Kier molecular flexibility index (Phi) is 5.31. The summed E-state index contributed by atoms with van der Waals surface area (Å²) in [7, 11) is 2.94. The van der Waals surface area contributed by atoms with Gasteiger partial charge in [-0.1, -0.05) is 0 Å². The molecule has 4 aromatic heterocycles. The van der Waals surface area contributed by atoms with E-state index in [9.17, 15) is 14.4 Å². The van der Waals surface area contributed by atoms with Crippen molar-refractivity contribution >= 4 is 28.4 Å². The lowest BCUT2D eigenvalue weighted by Crippen LogP contribution is -2.38. The van der Waals surface area contributed by atoms with E-state index in [4.69, 9.17) is 0 Å². The molecule has 1 amide bonds. The molecule has 4 rings (SSSR count). The minimum atomic E-state index is -0.484. The van der Waals surface area contributed by atoms with Gasteiger partial charge in [0.05, 0.1) is 17.7 Å². The number of amides is 1. The quantitative estimate of drug-likeness (QED) is 0.450. The van der Waals surface area contributed by atoms with E-state index < -0.39 is 11.2 Å². The smallest absolute Gasteiger partial charge is 0.332 e. The lowest BCUT2D eigenvalue weighted by molar-refractivity contribution is -0.121. The molecule has 0 saturated carbocycles. The fraction of sp³-hybridized carbons (Fsp3) is 0.368. The van der Waals surface area contributed by atoms with Gasteiger partial charge in [0.15, 0.2) is 11.2 Å². The van der Waals surface area contributed by atoms with Crippen molar-refractivity contribution < 1.29 is 4.79 Å². The van der Waals surface area contributed by atoms with Gasteiger partial charge in [-0.15, -0.1) is 11.3 Å². The highest BCUT2D eigenvalue weighted by Crippen LogP contribution is 2.17. The summed E-state index contributed by atoms with van der Waals surface area (Å²) in [6.45, 7) is 4.25. The Morgan fingerprint density at radius 3 is 2.68 bits per heavy atom. The Hall–Kier alpha value is -3.54. The van der Waals surface area contributed by atoms with Crippen LogP contribution in [0.25, 0.3) is 16.3 Å². The molecule has 0 atom stereocenters. The van der Waals surface area contributed by atoms with Crippen LogP contribution in [0.4, 0.5) is 0 Å². The first-order valence-electron chi connectivity index (χ1n) is 9.62. The molecule has 4 aromatic rings. The van der Waals surface area contributed by atoms with Crippen molar-refractivity contribution in [1.29, 1.82) is 0 Å². The minimum absolute atomic E-state index is 0.0714. The molecular formula is C19H22N8O3S. The van der Waals surface area contributed by atoms with E-state index in [0.29, 0.717) is 13.0 Å². The highest BCUT2D eigenvalue weighted by Gasteiger charge is 2.16. The maximum Gasteiger partial charge on any atom is 0.332 e. The Labute approximate surface area is 180 Å². The molecule has 0 aliphatic heterocycles. The van der Waals surface area contributed by atoms with Crippen LogP contribution in [-0.4, -0.2) is 45.9 Å². The molecule has 0 aliphatic carbocycles. The van der Waals surface area contributed by atoms with Gasteiger partial charge in [-0.3, -0.25) is 18.7 Å². The van der Waals surface area contributed by atoms with Crippen LogP contribution in [-0.2, 0) is 31.9 Å². The Morgan fingerprint density at radius 1 is 1.19 bits per heavy atom. The number of nitrogens with one attached hydrogen (secondary N) is 1. The summed E-state index contributed by atoms with van der Waals surface area (Å²) < 4.78 is 5.55. The number of rotatable bonds is 6. The maximum absolute atomic E-state index is 12.5. The van der Waals surface area contributed by atoms with E-state index in [1.54, 1.807) is 4.68 Å². The van der Waals surface area contributed by atoms with Gasteiger partial charge in [-0.05, 0) is 19.9 Å². The second kappa shape index (κ2) is 7.95. The van der Waals surface area contributed by atoms with Crippen LogP contribution >= 0.6 is 11.3 Å². The van der Waals surface area contributed by atoms with Gasteiger partial charge >= 0.3 is 5.69 Å². The van der Waals surface area contributed by atoms with Gasteiger partial charge in [-0.2, -0.15) is 5.10 Å². The topological polar surface area (TPSA) is 122 Å². The molecule has 0 fully saturated rings. The molecule has 4 heterocycles. The monoisotopic (exact) mass is 442 g/mol. The average molecular weight is 443 g/mol. The predicted molar refractivity (Wildman–Crippen MR) is 116 cm³/mol. The van der Waals surface area contributed by atoms with Crippen molar-refractivity contribution in [2.75, 3.05) is 6.54 Å². The second-order valence-corrected chi connectivity index (χ2v) is 8.15. The van der Waals surface area contributed by atoms with E-state index in [1.165, 1.54) is 40.9 Å². The first-order valence-corrected chi connectivity index (χ1v) is 10.5.